The van der Waals surface area contributed by atoms with Gasteiger partial charge in [0, 0.05) is 50.4 Å². The van der Waals surface area contributed by atoms with E-state index in [4.69, 9.17) is 14.7 Å². The predicted octanol–water partition coefficient (Wildman–Crippen LogP) is 4.96. The molecule has 0 spiro atoms. The number of carbonyl (C=O) groups is 1. The van der Waals surface area contributed by atoms with Crippen LogP contribution in [0.3, 0.4) is 0 Å². The number of Topliss-reactive ketones (excluding diaryl/α,β-unsaturated/α-hetero) is 1. The van der Waals surface area contributed by atoms with Gasteiger partial charge in [0.1, 0.15) is 5.82 Å². The minimum absolute atomic E-state index is 0.127. The number of morpholine rings is 1. The first-order chi connectivity index (χ1) is 19.6. The number of hydrogen-bond acceptors (Lipinski definition) is 9. The van der Waals surface area contributed by atoms with Crippen LogP contribution in [-0.2, 0) is 4.74 Å². The van der Waals surface area contributed by atoms with Crippen molar-refractivity contribution in [1.82, 2.24) is 29.4 Å². The van der Waals surface area contributed by atoms with Crippen LogP contribution in [0.5, 0.6) is 0 Å². The van der Waals surface area contributed by atoms with Gasteiger partial charge in [-0.15, -0.1) is 11.3 Å². The highest BCUT2D eigenvalue weighted by atomic mass is 32.1. The molecule has 0 saturated carbocycles. The Morgan fingerprint density at radius 2 is 1.98 bits per heavy atom. The first kappa shape index (κ1) is 28.4. The summed E-state index contributed by atoms with van der Waals surface area (Å²) in [4.78, 5) is 29.2. The van der Waals surface area contributed by atoms with Crippen molar-refractivity contribution in [3.05, 3.63) is 53.7 Å². The summed E-state index contributed by atoms with van der Waals surface area (Å²) in [7, 11) is 0. The molecule has 1 aliphatic rings. The van der Waals surface area contributed by atoms with E-state index in [1.807, 2.05) is 35.8 Å². The van der Waals surface area contributed by atoms with Gasteiger partial charge in [-0.2, -0.15) is 5.10 Å². The molecule has 0 bridgehead atoms. The Morgan fingerprint density at radius 3 is 2.73 bits per heavy atom. The molecule has 1 aliphatic heterocycles. The van der Waals surface area contributed by atoms with Crippen molar-refractivity contribution in [3.8, 4) is 21.8 Å². The van der Waals surface area contributed by atoms with Crippen LogP contribution >= 0.6 is 11.3 Å². The number of ketones is 1. The van der Waals surface area contributed by atoms with Crippen LogP contribution in [0, 0.1) is 0 Å². The van der Waals surface area contributed by atoms with Gasteiger partial charge in [0.25, 0.3) is 0 Å². The molecule has 0 aliphatic carbocycles. The van der Waals surface area contributed by atoms with E-state index < -0.39 is 0 Å². The molecule has 40 heavy (non-hydrogen) atoms. The quantitative estimate of drug-likeness (QED) is 0.229. The SMILES string of the molecule is CCN(CC)[C@@H](C)CCC(=O)c1cc(NCCN2CCOCC2)nc(-c2cnn3ccc(-c4cccs4)nc23)c1. The van der Waals surface area contributed by atoms with Crippen LogP contribution in [0.15, 0.2) is 48.1 Å². The molecule has 0 unspecified atom stereocenters. The highest BCUT2D eigenvalue weighted by Crippen LogP contribution is 2.29. The van der Waals surface area contributed by atoms with E-state index in [9.17, 15) is 4.79 Å². The van der Waals surface area contributed by atoms with Crippen molar-refractivity contribution in [1.29, 1.82) is 0 Å². The Balaban J connectivity index is 1.42. The third-order valence-electron chi connectivity index (χ3n) is 7.63. The number of carbonyl (C=O) groups excluding carboxylic acids is 1. The van der Waals surface area contributed by atoms with Crippen LogP contribution in [0.2, 0.25) is 0 Å². The maximum absolute atomic E-state index is 13.5. The summed E-state index contributed by atoms with van der Waals surface area (Å²) in [5, 5.41) is 10.1. The van der Waals surface area contributed by atoms with Gasteiger partial charge in [-0.1, -0.05) is 19.9 Å². The van der Waals surface area contributed by atoms with Crippen molar-refractivity contribution >= 4 is 28.6 Å². The fourth-order valence-electron chi connectivity index (χ4n) is 5.21. The number of aromatic nitrogens is 4. The molecule has 0 radical (unpaired) electrons. The Hall–Kier alpha value is -3.18. The van der Waals surface area contributed by atoms with Crippen LogP contribution < -0.4 is 5.32 Å². The summed E-state index contributed by atoms with van der Waals surface area (Å²) < 4.78 is 7.23. The molecular weight excluding hydrogens is 522 g/mol. The number of fused-ring (bicyclic) bond motifs is 1. The van der Waals surface area contributed by atoms with E-state index in [1.54, 1.807) is 22.0 Å². The maximum atomic E-state index is 13.5. The van der Waals surface area contributed by atoms with Gasteiger partial charge in [0.05, 0.1) is 41.2 Å². The van der Waals surface area contributed by atoms with E-state index in [0.29, 0.717) is 29.5 Å². The average Bonchev–Trinajstić information content (AvgIpc) is 3.67. The third kappa shape index (κ3) is 6.75. The first-order valence-corrected chi connectivity index (χ1v) is 15.2. The van der Waals surface area contributed by atoms with E-state index >= 15 is 0 Å². The number of thiophene rings is 1. The number of hydrogen-bond donors (Lipinski definition) is 1. The van der Waals surface area contributed by atoms with Crippen molar-refractivity contribution in [2.75, 3.05) is 57.8 Å². The summed E-state index contributed by atoms with van der Waals surface area (Å²) >= 11 is 1.65. The molecule has 9 nitrogen and oxygen atoms in total. The number of nitrogens with zero attached hydrogens (tertiary/aromatic N) is 6. The topological polar surface area (TPSA) is 87.9 Å². The Labute approximate surface area is 240 Å². The lowest BCUT2D eigenvalue weighted by atomic mass is 10.0. The van der Waals surface area contributed by atoms with Gasteiger partial charge in [0.2, 0.25) is 0 Å². The lowest BCUT2D eigenvalue weighted by molar-refractivity contribution is 0.0398. The number of nitrogens with one attached hydrogen (secondary N) is 1. The lowest BCUT2D eigenvalue weighted by Crippen LogP contribution is -2.39. The zero-order valence-electron chi connectivity index (χ0n) is 23.7. The molecule has 1 N–H and O–H groups in total. The van der Waals surface area contributed by atoms with E-state index in [0.717, 1.165) is 80.7 Å². The second-order valence-corrected chi connectivity index (χ2v) is 11.1. The first-order valence-electron chi connectivity index (χ1n) is 14.3. The smallest absolute Gasteiger partial charge is 0.165 e. The fourth-order valence-corrected chi connectivity index (χ4v) is 5.91. The molecule has 212 valence electrons. The van der Waals surface area contributed by atoms with Crippen molar-refractivity contribution < 1.29 is 9.53 Å². The molecule has 10 heteroatoms. The largest absolute Gasteiger partial charge is 0.379 e. The third-order valence-corrected chi connectivity index (χ3v) is 8.52. The van der Waals surface area contributed by atoms with Crippen LogP contribution in [-0.4, -0.2) is 93.7 Å². The molecule has 4 aromatic rings. The zero-order chi connectivity index (χ0) is 27.9. The highest BCUT2D eigenvalue weighted by Gasteiger charge is 2.18. The Morgan fingerprint density at radius 1 is 1.15 bits per heavy atom. The minimum Gasteiger partial charge on any atom is -0.379 e. The second-order valence-electron chi connectivity index (χ2n) is 10.2. The molecule has 0 aromatic carbocycles. The molecular formula is C30H39N7O2S. The summed E-state index contributed by atoms with van der Waals surface area (Å²) in [5.74, 6) is 0.822. The number of ether oxygens (including phenoxy) is 1. The molecule has 0 amide bonds. The Bertz CT molecular complexity index is 1390. The fraction of sp³-hybridized carbons (Fsp3) is 0.467. The van der Waals surface area contributed by atoms with Gasteiger partial charge in [-0.05, 0) is 56.1 Å². The van der Waals surface area contributed by atoms with Crippen LogP contribution in [0.25, 0.3) is 27.5 Å². The minimum atomic E-state index is 0.127. The van der Waals surface area contributed by atoms with Gasteiger partial charge < -0.3 is 15.0 Å². The summed E-state index contributed by atoms with van der Waals surface area (Å²) in [6.07, 6.45) is 5.02. The number of pyridine rings is 1. The van der Waals surface area contributed by atoms with Crippen LogP contribution in [0.1, 0.15) is 44.0 Å². The zero-order valence-corrected chi connectivity index (χ0v) is 24.5. The molecule has 5 rings (SSSR count). The monoisotopic (exact) mass is 561 g/mol. The van der Waals surface area contributed by atoms with E-state index in [-0.39, 0.29) is 5.78 Å². The van der Waals surface area contributed by atoms with E-state index in [1.165, 1.54) is 0 Å². The van der Waals surface area contributed by atoms with Gasteiger partial charge >= 0.3 is 0 Å². The average molecular weight is 562 g/mol. The molecule has 1 saturated heterocycles. The molecule has 1 atom stereocenters. The van der Waals surface area contributed by atoms with Crippen molar-refractivity contribution in [3.63, 3.8) is 0 Å². The number of anilines is 1. The summed E-state index contributed by atoms with van der Waals surface area (Å²) in [5.41, 5.74) is 3.78. The standard InChI is InChI=1S/C30H39N7O2S/c1-4-36(5-2)22(3)8-9-27(38)23-19-26(33-29(20-23)31-11-13-35-14-16-39-17-15-35)24-21-32-37-12-10-25(34-30(24)37)28-7-6-18-40-28/h6-7,10,12,18-22H,4-5,8-9,11,13-17H2,1-3H3,(H,31,33)/t22-/m0/s1. The maximum Gasteiger partial charge on any atom is 0.165 e. The highest BCUT2D eigenvalue weighted by molar-refractivity contribution is 7.13. The van der Waals surface area contributed by atoms with Crippen molar-refractivity contribution in [2.24, 2.45) is 0 Å². The van der Waals surface area contributed by atoms with Gasteiger partial charge in [-0.25, -0.2) is 14.5 Å². The number of rotatable bonds is 13. The molecule has 1 fully saturated rings. The molecule has 5 heterocycles. The van der Waals surface area contributed by atoms with Gasteiger partial charge in [-0.3, -0.25) is 9.69 Å². The second kappa shape index (κ2) is 13.5. The Kier molecular flexibility index (Phi) is 9.53. The predicted molar refractivity (Wildman–Crippen MR) is 161 cm³/mol. The van der Waals surface area contributed by atoms with Gasteiger partial charge in [0.15, 0.2) is 11.4 Å². The normalized spacial score (nSPS) is 15.1. The van der Waals surface area contributed by atoms with E-state index in [2.05, 4.69) is 47.1 Å². The molecule has 4 aromatic heterocycles. The van der Waals surface area contributed by atoms with Crippen molar-refractivity contribution in [2.45, 2.75) is 39.7 Å². The summed E-state index contributed by atoms with van der Waals surface area (Å²) in [6, 6.07) is 10.2. The lowest BCUT2D eigenvalue weighted by Gasteiger charge is -2.26. The van der Waals surface area contributed by atoms with Crippen LogP contribution in [0.4, 0.5) is 5.82 Å². The summed E-state index contributed by atoms with van der Waals surface area (Å²) in [6.45, 7) is 13.5.